The van der Waals surface area contributed by atoms with Crippen molar-refractivity contribution in [1.29, 1.82) is 0 Å². The Morgan fingerprint density at radius 3 is 2.13 bits per heavy atom. The van der Waals surface area contributed by atoms with Crippen LogP contribution in [0, 0.1) is 0 Å². The Morgan fingerprint density at radius 2 is 1.67 bits per heavy atom. The summed E-state index contributed by atoms with van der Waals surface area (Å²) in [6.07, 6.45) is 3.76. The van der Waals surface area contributed by atoms with Crippen molar-refractivity contribution in [3.8, 4) is 5.75 Å². The quantitative estimate of drug-likeness (QED) is 0.573. The molecule has 0 bridgehead atoms. The average molecular weight is 222 g/mol. The molecule has 1 aromatic carbocycles. The molecule has 2 nitrogen and oxygen atoms in total. The Labute approximate surface area is 92.7 Å². The van der Waals surface area contributed by atoms with E-state index < -0.39 is 8.32 Å². The summed E-state index contributed by atoms with van der Waals surface area (Å²) in [4.78, 5) is 0. The number of ether oxygens (including phenoxy) is 1. The molecule has 82 valence electrons. The van der Waals surface area contributed by atoms with Gasteiger partial charge in [0.1, 0.15) is 5.75 Å². The zero-order chi connectivity index (χ0) is 11.3. The molecule has 0 heterocycles. The van der Waals surface area contributed by atoms with Gasteiger partial charge >= 0.3 is 0 Å². The third-order valence-corrected chi connectivity index (χ3v) is 2.64. The Hall–Kier alpha value is -1.22. The first-order valence-corrected chi connectivity index (χ1v) is 8.40. The van der Waals surface area contributed by atoms with Crippen LogP contribution in [0.5, 0.6) is 5.75 Å². The van der Waals surface area contributed by atoms with Crippen molar-refractivity contribution in [3.63, 3.8) is 0 Å². The monoisotopic (exact) mass is 222 g/mol. The van der Waals surface area contributed by atoms with Gasteiger partial charge in [-0.05, 0) is 43.4 Å². The third kappa shape index (κ3) is 4.70. The molecule has 0 N–H and O–H groups in total. The lowest BCUT2D eigenvalue weighted by Gasteiger charge is -2.14. The molecule has 0 spiro atoms. The van der Waals surface area contributed by atoms with Crippen LogP contribution < -0.4 is 4.74 Å². The Morgan fingerprint density at radius 1 is 1.07 bits per heavy atom. The van der Waals surface area contributed by atoms with Gasteiger partial charge < -0.3 is 9.16 Å². The van der Waals surface area contributed by atoms with E-state index in [0.29, 0.717) is 0 Å². The molecular formula is C12H18O2Si. The molecule has 1 rings (SSSR count). The minimum Gasteiger partial charge on any atom is -0.550 e. The van der Waals surface area contributed by atoms with Crippen molar-refractivity contribution in [2.75, 3.05) is 7.11 Å². The zero-order valence-corrected chi connectivity index (χ0v) is 10.8. The summed E-state index contributed by atoms with van der Waals surface area (Å²) in [5.74, 6) is 0.873. The van der Waals surface area contributed by atoms with E-state index >= 15 is 0 Å². The Kier molecular flexibility index (Phi) is 3.97. The molecule has 1 aromatic rings. The van der Waals surface area contributed by atoms with Gasteiger partial charge in [0.15, 0.2) is 0 Å². The van der Waals surface area contributed by atoms with Crippen molar-refractivity contribution in [2.24, 2.45) is 0 Å². The predicted octanol–water partition coefficient (Wildman–Crippen LogP) is 3.52. The van der Waals surface area contributed by atoms with E-state index in [4.69, 9.17) is 9.16 Å². The van der Waals surface area contributed by atoms with Crippen molar-refractivity contribution in [2.45, 2.75) is 19.6 Å². The highest BCUT2D eigenvalue weighted by Gasteiger charge is 2.12. The van der Waals surface area contributed by atoms with Crippen LogP contribution in [0.1, 0.15) is 5.56 Å². The number of rotatable bonds is 4. The van der Waals surface area contributed by atoms with E-state index in [9.17, 15) is 0 Å². The summed E-state index contributed by atoms with van der Waals surface area (Å²) < 4.78 is 10.7. The van der Waals surface area contributed by atoms with Gasteiger partial charge in [0, 0.05) is 0 Å². The maximum absolute atomic E-state index is 5.62. The van der Waals surface area contributed by atoms with Gasteiger partial charge in [0.2, 0.25) is 8.32 Å². The van der Waals surface area contributed by atoms with Gasteiger partial charge in [-0.25, -0.2) is 0 Å². The average Bonchev–Trinajstić information content (AvgIpc) is 2.17. The fourth-order valence-corrected chi connectivity index (χ4v) is 1.51. The highest BCUT2D eigenvalue weighted by atomic mass is 28.4. The molecular weight excluding hydrogens is 204 g/mol. The second kappa shape index (κ2) is 5.03. The number of benzene rings is 1. The van der Waals surface area contributed by atoms with E-state index in [-0.39, 0.29) is 0 Å². The van der Waals surface area contributed by atoms with Gasteiger partial charge in [-0.2, -0.15) is 0 Å². The van der Waals surface area contributed by atoms with Gasteiger partial charge in [-0.15, -0.1) is 0 Å². The second-order valence-corrected chi connectivity index (χ2v) is 8.77. The van der Waals surface area contributed by atoms with Crippen molar-refractivity contribution in [1.82, 2.24) is 0 Å². The summed E-state index contributed by atoms with van der Waals surface area (Å²) in [5, 5.41) is 0. The molecule has 0 fully saturated rings. The normalized spacial score (nSPS) is 11.7. The Balaban J connectivity index is 2.57. The minimum absolute atomic E-state index is 0.873. The first-order chi connectivity index (χ1) is 7.01. The maximum atomic E-state index is 5.62. The van der Waals surface area contributed by atoms with E-state index in [2.05, 4.69) is 19.6 Å². The first kappa shape index (κ1) is 11.8. The van der Waals surface area contributed by atoms with E-state index in [1.165, 1.54) is 0 Å². The third-order valence-electron chi connectivity index (χ3n) is 1.80. The van der Waals surface area contributed by atoms with Crippen LogP contribution >= 0.6 is 0 Å². The lowest BCUT2D eigenvalue weighted by molar-refractivity contribution is 0.415. The van der Waals surface area contributed by atoms with Crippen LogP contribution in [0.3, 0.4) is 0 Å². The summed E-state index contributed by atoms with van der Waals surface area (Å²) in [6.45, 7) is 6.47. The van der Waals surface area contributed by atoms with Gasteiger partial charge in [0.25, 0.3) is 0 Å². The van der Waals surface area contributed by atoms with Gasteiger partial charge in [0.05, 0.1) is 13.4 Å². The second-order valence-electron chi connectivity index (χ2n) is 4.31. The first-order valence-electron chi connectivity index (χ1n) is 5.00. The maximum Gasteiger partial charge on any atom is 0.241 e. The number of methoxy groups -OCH3 is 1. The molecule has 0 aliphatic heterocycles. The predicted molar refractivity (Wildman–Crippen MR) is 66.5 cm³/mol. The van der Waals surface area contributed by atoms with Gasteiger partial charge in [-0.3, -0.25) is 0 Å². The molecule has 0 aliphatic carbocycles. The molecule has 15 heavy (non-hydrogen) atoms. The summed E-state index contributed by atoms with van der Waals surface area (Å²) in [5.41, 5.74) is 1.12. The molecule has 0 radical (unpaired) electrons. The lowest BCUT2D eigenvalue weighted by atomic mass is 10.2. The number of hydrogen-bond acceptors (Lipinski definition) is 2. The fourth-order valence-electron chi connectivity index (χ4n) is 1.03. The smallest absolute Gasteiger partial charge is 0.241 e. The van der Waals surface area contributed by atoms with Crippen molar-refractivity contribution >= 4 is 14.4 Å². The lowest BCUT2D eigenvalue weighted by Crippen LogP contribution is -2.21. The highest BCUT2D eigenvalue weighted by Crippen LogP contribution is 2.13. The molecule has 0 aliphatic rings. The van der Waals surface area contributed by atoms with Gasteiger partial charge in [-0.1, -0.05) is 12.1 Å². The zero-order valence-electron chi connectivity index (χ0n) is 9.78. The number of hydrogen-bond donors (Lipinski definition) is 0. The van der Waals surface area contributed by atoms with Crippen LogP contribution in [0.15, 0.2) is 30.5 Å². The molecule has 0 saturated heterocycles. The van der Waals surface area contributed by atoms with Crippen LogP contribution in [0.4, 0.5) is 0 Å². The summed E-state index contributed by atoms with van der Waals surface area (Å²) in [6, 6.07) is 7.88. The standard InChI is InChI=1S/C12H18O2Si/c1-13-12-7-5-11(6-8-12)9-10-14-15(2,3)4/h5-10H,1-4H3/b10-9-. The minimum atomic E-state index is -1.44. The molecule has 0 saturated carbocycles. The van der Waals surface area contributed by atoms with Crippen molar-refractivity contribution in [3.05, 3.63) is 36.1 Å². The fraction of sp³-hybridized carbons (Fsp3) is 0.333. The topological polar surface area (TPSA) is 18.5 Å². The van der Waals surface area contributed by atoms with E-state index in [0.717, 1.165) is 11.3 Å². The molecule has 0 aromatic heterocycles. The molecule has 3 heteroatoms. The van der Waals surface area contributed by atoms with Crippen LogP contribution in [0.25, 0.3) is 6.08 Å². The van der Waals surface area contributed by atoms with Crippen molar-refractivity contribution < 1.29 is 9.16 Å². The largest absolute Gasteiger partial charge is 0.550 e. The highest BCUT2D eigenvalue weighted by molar-refractivity contribution is 6.69. The van der Waals surface area contributed by atoms with Crippen LogP contribution in [0.2, 0.25) is 19.6 Å². The molecule has 0 atom stereocenters. The molecule has 0 unspecified atom stereocenters. The SMILES string of the molecule is COc1ccc(/C=C\O[Si](C)(C)C)cc1. The summed E-state index contributed by atoms with van der Waals surface area (Å²) >= 11 is 0. The van der Waals surface area contributed by atoms with Crippen LogP contribution in [-0.2, 0) is 4.43 Å². The summed E-state index contributed by atoms with van der Waals surface area (Å²) in [7, 11) is 0.225. The Bertz CT molecular complexity index is 322. The van der Waals surface area contributed by atoms with E-state index in [1.807, 2.05) is 30.3 Å². The van der Waals surface area contributed by atoms with E-state index in [1.54, 1.807) is 13.4 Å². The molecule has 0 amide bonds. The van der Waals surface area contributed by atoms with Crippen LogP contribution in [-0.4, -0.2) is 15.4 Å².